The monoisotopic (exact) mass is 241 g/mol. The van der Waals surface area contributed by atoms with Crippen LogP contribution in [0.5, 0.6) is 0 Å². The minimum Gasteiger partial charge on any atom is -0.447 e. The fraction of sp³-hybridized carbons (Fsp3) is 0.417. The molecule has 0 saturated heterocycles. The van der Waals surface area contributed by atoms with Gasteiger partial charge in [-0.25, -0.2) is 4.79 Å². The first-order chi connectivity index (χ1) is 7.50. The molecular weight excluding hydrogens is 226 g/mol. The number of hydrogen-bond donors (Lipinski definition) is 0. The summed E-state index contributed by atoms with van der Waals surface area (Å²) in [5, 5.41) is 0.659. The largest absolute Gasteiger partial charge is 0.447 e. The van der Waals surface area contributed by atoms with Crippen molar-refractivity contribution < 1.29 is 9.53 Å². The molecule has 0 saturated carbocycles. The van der Waals surface area contributed by atoms with E-state index in [9.17, 15) is 4.79 Å². The Labute approximate surface area is 101 Å². The minimum atomic E-state index is -0.338. The molecule has 0 heterocycles. The van der Waals surface area contributed by atoms with Gasteiger partial charge in [0.25, 0.3) is 0 Å². The summed E-state index contributed by atoms with van der Waals surface area (Å²) in [4.78, 5) is 13.0. The molecule has 0 unspecified atom stereocenters. The van der Waals surface area contributed by atoms with Crippen LogP contribution >= 0.6 is 11.6 Å². The van der Waals surface area contributed by atoms with E-state index in [2.05, 4.69) is 0 Å². The topological polar surface area (TPSA) is 29.5 Å². The Morgan fingerprint density at radius 3 is 2.62 bits per heavy atom. The molecule has 1 rings (SSSR count). The molecule has 0 aliphatic rings. The van der Waals surface area contributed by atoms with Gasteiger partial charge >= 0.3 is 6.09 Å². The Morgan fingerprint density at radius 2 is 2.06 bits per heavy atom. The van der Waals surface area contributed by atoms with Crippen molar-refractivity contribution in [3.63, 3.8) is 0 Å². The zero-order chi connectivity index (χ0) is 12.1. The second kappa shape index (κ2) is 5.75. The molecule has 0 spiro atoms. The summed E-state index contributed by atoms with van der Waals surface area (Å²) in [7, 11) is 1.69. The standard InChI is InChI=1S/C12H16ClNO2/c1-9(2)16-12(15)14(3)8-10-6-4-5-7-11(10)13/h4-7,9H,8H2,1-3H3. The third-order valence-corrected chi connectivity index (χ3v) is 2.38. The van der Waals surface area contributed by atoms with E-state index >= 15 is 0 Å². The SMILES string of the molecule is CC(C)OC(=O)N(C)Cc1ccccc1Cl. The maximum absolute atomic E-state index is 11.5. The Kier molecular flexibility index (Phi) is 4.62. The van der Waals surface area contributed by atoms with Crippen molar-refractivity contribution in [2.24, 2.45) is 0 Å². The van der Waals surface area contributed by atoms with Crippen LogP contribution in [0.25, 0.3) is 0 Å². The molecule has 0 N–H and O–H groups in total. The summed E-state index contributed by atoms with van der Waals surface area (Å²) in [6, 6.07) is 7.45. The molecular formula is C12H16ClNO2. The van der Waals surface area contributed by atoms with E-state index in [1.807, 2.05) is 32.0 Å². The molecule has 1 aromatic carbocycles. The van der Waals surface area contributed by atoms with Crippen LogP contribution < -0.4 is 0 Å². The quantitative estimate of drug-likeness (QED) is 0.813. The third kappa shape index (κ3) is 3.74. The van der Waals surface area contributed by atoms with Gasteiger partial charge in [0.1, 0.15) is 0 Å². The summed E-state index contributed by atoms with van der Waals surface area (Å²) in [5.74, 6) is 0. The predicted octanol–water partition coefficient (Wildman–Crippen LogP) is 3.32. The average Bonchev–Trinajstić information content (AvgIpc) is 2.20. The summed E-state index contributed by atoms with van der Waals surface area (Å²) < 4.78 is 5.07. The van der Waals surface area contributed by atoms with E-state index in [1.54, 1.807) is 13.1 Å². The van der Waals surface area contributed by atoms with Gasteiger partial charge in [0.05, 0.1) is 12.6 Å². The average molecular weight is 242 g/mol. The van der Waals surface area contributed by atoms with Crippen LogP contribution in [0.2, 0.25) is 5.02 Å². The zero-order valence-corrected chi connectivity index (χ0v) is 10.5. The highest BCUT2D eigenvalue weighted by molar-refractivity contribution is 6.31. The molecule has 0 aliphatic heterocycles. The number of ether oxygens (including phenoxy) is 1. The van der Waals surface area contributed by atoms with Gasteiger partial charge in [-0.3, -0.25) is 0 Å². The van der Waals surface area contributed by atoms with E-state index in [4.69, 9.17) is 16.3 Å². The Bertz CT molecular complexity index is 366. The van der Waals surface area contributed by atoms with Crippen LogP contribution in [-0.4, -0.2) is 24.1 Å². The van der Waals surface area contributed by atoms with Gasteiger partial charge in [-0.15, -0.1) is 0 Å². The van der Waals surface area contributed by atoms with Gasteiger partial charge in [-0.05, 0) is 25.5 Å². The molecule has 1 amide bonds. The highest BCUT2D eigenvalue weighted by Gasteiger charge is 2.13. The molecule has 0 fully saturated rings. The van der Waals surface area contributed by atoms with E-state index in [-0.39, 0.29) is 12.2 Å². The number of benzene rings is 1. The summed E-state index contributed by atoms with van der Waals surface area (Å²) >= 11 is 6.00. The van der Waals surface area contributed by atoms with Crippen LogP contribution in [0, 0.1) is 0 Å². The van der Waals surface area contributed by atoms with Crippen molar-refractivity contribution in [2.75, 3.05) is 7.05 Å². The third-order valence-electron chi connectivity index (χ3n) is 2.01. The number of carbonyl (C=O) groups is 1. The molecule has 0 radical (unpaired) electrons. The summed E-state index contributed by atoms with van der Waals surface area (Å²) in [6.07, 6.45) is -0.448. The predicted molar refractivity (Wildman–Crippen MR) is 64.5 cm³/mol. The lowest BCUT2D eigenvalue weighted by Crippen LogP contribution is -2.29. The van der Waals surface area contributed by atoms with Gasteiger partial charge in [0, 0.05) is 12.1 Å². The first-order valence-corrected chi connectivity index (χ1v) is 5.53. The van der Waals surface area contributed by atoms with Gasteiger partial charge < -0.3 is 9.64 Å². The van der Waals surface area contributed by atoms with Gasteiger partial charge in [-0.2, -0.15) is 0 Å². The van der Waals surface area contributed by atoms with E-state index < -0.39 is 0 Å². The lowest BCUT2D eigenvalue weighted by molar-refractivity contribution is 0.0822. The van der Waals surface area contributed by atoms with Gasteiger partial charge in [0.2, 0.25) is 0 Å². The van der Waals surface area contributed by atoms with Crippen molar-refractivity contribution in [3.05, 3.63) is 34.9 Å². The van der Waals surface area contributed by atoms with E-state index in [0.29, 0.717) is 11.6 Å². The molecule has 0 aromatic heterocycles. The Morgan fingerprint density at radius 1 is 1.44 bits per heavy atom. The maximum Gasteiger partial charge on any atom is 0.410 e. The number of nitrogens with zero attached hydrogens (tertiary/aromatic N) is 1. The second-order valence-electron chi connectivity index (χ2n) is 3.88. The van der Waals surface area contributed by atoms with Crippen LogP contribution in [-0.2, 0) is 11.3 Å². The highest BCUT2D eigenvalue weighted by Crippen LogP contribution is 2.16. The minimum absolute atomic E-state index is 0.110. The first-order valence-electron chi connectivity index (χ1n) is 5.16. The summed E-state index contributed by atoms with van der Waals surface area (Å²) in [5.41, 5.74) is 0.910. The van der Waals surface area contributed by atoms with Crippen LogP contribution in [0.1, 0.15) is 19.4 Å². The van der Waals surface area contributed by atoms with E-state index in [0.717, 1.165) is 5.56 Å². The normalized spacial score (nSPS) is 10.3. The zero-order valence-electron chi connectivity index (χ0n) is 9.74. The summed E-state index contributed by atoms with van der Waals surface area (Å²) in [6.45, 7) is 4.09. The number of amides is 1. The van der Waals surface area contributed by atoms with Gasteiger partial charge in [0.15, 0.2) is 0 Å². The molecule has 0 bridgehead atoms. The second-order valence-corrected chi connectivity index (χ2v) is 4.29. The first kappa shape index (κ1) is 12.8. The van der Waals surface area contributed by atoms with Crippen molar-refractivity contribution in [3.8, 4) is 0 Å². The van der Waals surface area contributed by atoms with Crippen LogP contribution in [0.15, 0.2) is 24.3 Å². The van der Waals surface area contributed by atoms with Crippen molar-refractivity contribution in [2.45, 2.75) is 26.5 Å². The fourth-order valence-corrected chi connectivity index (χ4v) is 1.43. The number of carbonyl (C=O) groups excluding carboxylic acids is 1. The molecule has 16 heavy (non-hydrogen) atoms. The van der Waals surface area contributed by atoms with Crippen LogP contribution in [0.4, 0.5) is 4.79 Å². The van der Waals surface area contributed by atoms with Crippen molar-refractivity contribution >= 4 is 17.7 Å². The fourth-order valence-electron chi connectivity index (χ4n) is 1.24. The number of hydrogen-bond acceptors (Lipinski definition) is 2. The van der Waals surface area contributed by atoms with Crippen molar-refractivity contribution in [1.29, 1.82) is 0 Å². The molecule has 3 nitrogen and oxygen atoms in total. The molecule has 0 atom stereocenters. The molecule has 4 heteroatoms. The number of rotatable bonds is 3. The maximum atomic E-state index is 11.5. The van der Waals surface area contributed by atoms with Crippen LogP contribution in [0.3, 0.4) is 0 Å². The lowest BCUT2D eigenvalue weighted by atomic mass is 10.2. The Balaban J connectivity index is 2.61. The van der Waals surface area contributed by atoms with Gasteiger partial charge in [-0.1, -0.05) is 29.8 Å². The Hall–Kier alpha value is -1.22. The lowest BCUT2D eigenvalue weighted by Gasteiger charge is -2.19. The van der Waals surface area contributed by atoms with Crippen molar-refractivity contribution in [1.82, 2.24) is 4.90 Å². The highest BCUT2D eigenvalue weighted by atomic mass is 35.5. The smallest absolute Gasteiger partial charge is 0.410 e. The van der Waals surface area contributed by atoms with E-state index in [1.165, 1.54) is 4.90 Å². The molecule has 88 valence electrons. The molecule has 1 aromatic rings. The number of halogens is 1. The molecule has 0 aliphatic carbocycles.